The SMILES string of the molecule is CCNC(=O)CNCc1ccc(Br)cc1Cl. The highest BCUT2D eigenvalue weighted by atomic mass is 79.9. The molecule has 0 bridgehead atoms. The molecule has 0 heterocycles. The molecule has 0 saturated heterocycles. The summed E-state index contributed by atoms with van der Waals surface area (Å²) in [5.74, 6) is -0.00395. The van der Waals surface area contributed by atoms with Crippen molar-refractivity contribution in [1.82, 2.24) is 10.6 Å². The Hall–Kier alpha value is -0.580. The summed E-state index contributed by atoms with van der Waals surface area (Å²) in [6, 6.07) is 5.69. The predicted octanol–water partition coefficient (Wildman–Crippen LogP) is 2.33. The summed E-state index contributed by atoms with van der Waals surface area (Å²) in [7, 11) is 0. The van der Waals surface area contributed by atoms with Gasteiger partial charge in [0.15, 0.2) is 0 Å². The van der Waals surface area contributed by atoms with Gasteiger partial charge < -0.3 is 10.6 Å². The van der Waals surface area contributed by atoms with Gasteiger partial charge in [-0.2, -0.15) is 0 Å². The Balaban J connectivity index is 2.40. The van der Waals surface area contributed by atoms with Crippen molar-refractivity contribution in [3.8, 4) is 0 Å². The Morgan fingerprint density at radius 3 is 2.88 bits per heavy atom. The summed E-state index contributed by atoms with van der Waals surface area (Å²) in [5, 5.41) is 6.44. The zero-order chi connectivity index (χ0) is 12.0. The number of likely N-dealkylation sites (N-methyl/N-ethyl adjacent to an activating group) is 1. The van der Waals surface area contributed by atoms with Crippen LogP contribution >= 0.6 is 27.5 Å². The van der Waals surface area contributed by atoms with E-state index in [1.54, 1.807) is 0 Å². The van der Waals surface area contributed by atoms with Crippen LogP contribution in [-0.4, -0.2) is 19.0 Å². The van der Waals surface area contributed by atoms with Gasteiger partial charge >= 0.3 is 0 Å². The second-order valence-electron chi connectivity index (χ2n) is 3.29. The highest BCUT2D eigenvalue weighted by Gasteiger charge is 2.02. The number of carbonyl (C=O) groups excluding carboxylic acids is 1. The third-order valence-corrected chi connectivity index (χ3v) is 2.84. The third kappa shape index (κ3) is 4.51. The molecule has 1 amide bonds. The van der Waals surface area contributed by atoms with E-state index < -0.39 is 0 Å². The highest BCUT2D eigenvalue weighted by molar-refractivity contribution is 9.10. The Morgan fingerprint density at radius 2 is 2.25 bits per heavy atom. The van der Waals surface area contributed by atoms with Crippen LogP contribution in [-0.2, 0) is 11.3 Å². The molecule has 16 heavy (non-hydrogen) atoms. The summed E-state index contributed by atoms with van der Waals surface area (Å²) in [5.41, 5.74) is 0.981. The van der Waals surface area contributed by atoms with Crippen LogP contribution in [0.15, 0.2) is 22.7 Å². The Bertz CT molecular complexity index is 371. The number of halogens is 2. The van der Waals surface area contributed by atoms with Crippen molar-refractivity contribution in [1.29, 1.82) is 0 Å². The lowest BCUT2D eigenvalue weighted by Gasteiger charge is -2.07. The molecule has 0 aliphatic rings. The molecule has 5 heteroatoms. The molecular weight excluding hydrogens is 291 g/mol. The number of hydrogen-bond acceptors (Lipinski definition) is 2. The molecule has 0 atom stereocenters. The van der Waals surface area contributed by atoms with E-state index in [1.165, 1.54) is 0 Å². The second kappa shape index (κ2) is 6.89. The van der Waals surface area contributed by atoms with Crippen LogP contribution < -0.4 is 10.6 Å². The van der Waals surface area contributed by atoms with Crippen molar-refractivity contribution >= 4 is 33.4 Å². The van der Waals surface area contributed by atoms with E-state index in [2.05, 4.69) is 26.6 Å². The largest absolute Gasteiger partial charge is 0.355 e. The molecule has 0 spiro atoms. The Morgan fingerprint density at radius 1 is 1.50 bits per heavy atom. The van der Waals surface area contributed by atoms with E-state index >= 15 is 0 Å². The van der Waals surface area contributed by atoms with E-state index in [0.29, 0.717) is 24.7 Å². The number of amides is 1. The molecule has 0 aromatic heterocycles. The lowest BCUT2D eigenvalue weighted by molar-refractivity contribution is -0.120. The zero-order valence-corrected chi connectivity index (χ0v) is 11.4. The number of rotatable bonds is 5. The van der Waals surface area contributed by atoms with Crippen LogP contribution in [0.2, 0.25) is 5.02 Å². The van der Waals surface area contributed by atoms with Crippen LogP contribution in [0.25, 0.3) is 0 Å². The lowest BCUT2D eigenvalue weighted by atomic mass is 10.2. The first-order chi connectivity index (χ1) is 7.63. The van der Waals surface area contributed by atoms with Crippen molar-refractivity contribution < 1.29 is 4.79 Å². The van der Waals surface area contributed by atoms with Crippen molar-refractivity contribution in [2.24, 2.45) is 0 Å². The average Bonchev–Trinajstić information content (AvgIpc) is 2.22. The van der Waals surface area contributed by atoms with Gasteiger partial charge in [-0.1, -0.05) is 33.6 Å². The Kier molecular flexibility index (Phi) is 5.80. The van der Waals surface area contributed by atoms with E-state index in [1.807, 2.05) is 25.1 Å². The molecule has 88 valence electrons. The van der Waals surface area contributed by atoms with Crippen LogP contribution in [0.1, 0.15) is 12.5 Å². The smallest absolute Gasteiger partial charge is 0.233 e. The van der Waals surface area contributed by atoms with E-state index in [4.69, 9.17) is 11.6 Å². The summed E-state index contributed by atoms with van der Waals surface area (Å²) >= 11 is 9.37. The Labute approximate surface area is 109 Å². The van der Waals surface area contributed by atoms with Gasteiger partial charge in [-0.25, -0.2) is 0 Å². The fraction of sp³-hybridized carbons (Fsp3) is 0.364. The predicted molar refractivity (Wildman–Crippen MR) is 69.5 cm³/mol. The minimum atomic E-state index is -0.00395. The minimum absolute atomic E-state index is 0.00395. The molecule has 2 N–H and O–H groups in total. The quantitative estimate of drug-likeness (QED) is 0.876. The molecule has 1 aromatic rings. The van der Waals surface area contributed by atoms with Gasteiger partial charge in [-0.3, -0.25) is 4.79 Å². The van der Waals surface area contributed by atoms with E-state index in [0.717, 1.165) is 10.0 Å². The van der Waals surface area contributed by atoms with Crippen molar-refractivity contribution in [3.05, 3.63) is 33.3 Å². The molecule has 0 radical (unpaired) electrons. The molecule has 1 aromatic carbocycles. The number of carbonyl (C=O) groups is 1. The maximum atomic E-state index is 11.2. The maximum absolute atomic E-state index is 11.2. The number of benzene rings is 1. The van der Waals surface area contributed by atoms with Crippen molar-refractivity contribution in [2.45, 2.75) is 13.5 Å². The summed E-state index contributed by atoms with van der Waals surface area (Å²) in [4.78, 5) is 11.2. The van der Waals surface area contributed by atoms with Crippen LogP contribution in [0, 0.1) is 0 Å². The first kappa shape index (κ1) is 13.5. The van der Waals surface area contributed by atoms with Gasteiger partial charge in [0.05, 0.1) is 6.54 Å². The summed E-state index contributed by atoms with van der Waals surface area (Å²) in [6.07, 6.45) is 0. The average molecular weight is 306 g/mol. The normalized spacial score (nSPS) is 10.2. The number of hydrogen-bond donors (Lipinski definition) is 2. The monoisotopic (exact) mass is 304 g/mol. The molecule has 0 fully saturated rings. The lowest BCUT2D eigenvalue weighted by Crippen LogP contribution is -2.33. The van der Waals surface area contributed by atoms with Gasteiger partial charge in [-0.15, -0.1) is 0 Å². The van der Waals surface area contributed by atoms with E-state index in [-0.39, 0.29) is 5.91 Å². The van der Waals surface area contributed by atoms with Crippen molar-refractivity contribution in [2.75, 3.05) is 13.1 Å². The maximum Gasteiger partial charge on any atom is 0.233 e. The van der Waals surface area contributed by atoms with Crippen LogP contribution in [0.3, 0.4) is 0 Å². The minimum Gasteiger partial charge on any atom is -0.355 e. The first-order valence-corrected chi connectivity index (χ1v) is 6.22. The third-order valence-electron chi connectivity index (χ3n) is 1.99. The van der Waals surface area contributed by atoms with Gasteiger partial charge in [0, 0.05) is 22.6 Å². The van der Waals surface area contributed by atoms with Gasteiger partial charge in [0.1, 0.15) is 0 Å². The van der Waals surface area contributed by atoms with Gasteiger partial charge in [0.25, 0.3) is 0 Å². The molecule has 0 aliphatic heterocycles. The molecule has 0 aliphatic carbocycles. The van der Waals surface area contributed by atoms with Gasteiger partial charge in [0.2, 0.25) is 5.91 Å². The zero-order valence-electron chi connectivity index (χ0n) is 9.02. The van der Waals surface area contributed by atoms with Crippen LogP contribution in [0.5, 0.6) is 0 Å². The highest BCUT2D eigenvalue weighted by Crippen LogP contribution is 2.20. The second-order valence-corrected chi connectivity index (χ2v) is 4.62. The summed E-state index contributed by atoms with van der Waals surface area (Å²) in [6.45, 7) is 3.44. The molecule has 0 unspecified atom stereocenters. The summed E-state index contributed by atoms with van der Waals surface area (Å²) < 4.78 is 0.949. The van der Waals surface area contributed by atoms with Gasteiger partial charge in [-0.05, 0) is 24.6 Å². The van der Waals surface area contributed by atoms with Crippen molar-refractivity contribution in [3.63, 3.8) is 0 Å². The molecule has 1 rings (SSSR count). The molecule has 3 nitrogen and oxygen atoms in total. The topological polar surface area (TPSA) is 41.1 Å². The molecule has 0 saturated carbocycles. The molecular formula is C11H14BrClN2O. The fourth-order valence-corrected chi connectivity index (χ4v) is 1.98. The fourth-order valence-electron chi connectivity index (χ4n) is 1.24. The van der Waals surface area contributed by atoms with Crippen LogP contribution in [0.4, 0.5) is 0 Å². The van der Waals surface area contributed by atoms with E-state index in [9.17, 15) is 4.79 Å². The first-order valence-electron chi connectivity index (χ1n) is 5.04. The standard InChI is InChI=1S/C11H14BrClN2O/c1-2-15-11(16)7-14-6-8-3-4-9(12)5-10(8)13/h3-5,14H,2,6-7H2,1H3,(H,15,16). The number of nitrogens with one attached hydrogen (secondary N) is 2.